The van der Waals surface area contributed by atoms with Crippen LogP contribution in [0.5, 0.6) is 0 Å². The summed E-state index contributed by atoms with van der Waals surface area (Å²) in [6.45, 7) is 3.95. The number of carbonyl (C=O) groups is 1. The molecule has 3 rings (SSSR count). The van der Waals surface area contributed by atoms with Gasteiger partial charge in [0.25, 0.3) is 0 Å². The molecule has 0 spiro atoms. The van der Waals surface area contributed by atoms with Crippen molar-refractivity contribution < 1.29 is 4.79 Å². The Balaban J connectivity index is 1.67. The topological polar surface area (TPSA) is 41.1 Å². The standard InChI is InChI=1S/C17H23ClN2O/c1-17(2,11-3-5-12(18)6-4-11)16(21)20-15-9-13-7-8-14(10-15)19-13/h3-6,13-15,19H,7-10H2,1-2H3,(H,20,21). The number of hydrogen-bond acceptors (Lipinski definition) is 2. The van der Waals surface area contributed by atoms with E-state index in [4.69, 9.17) is 11.6 Å². The first-order valence-corrected chi connectivity index (χ1v) is 8.16. The Kier molecular flexibility index (Phi) is 3.98. The molecule has 2 unspecified atom stereocenters. The maximum Gasteiger partial charge on any atom is 0.230 e. The van der Waals surface area contributed by atoms with E-state index < -0.39 is 5.41 Å². The molecule has 1 aromatic rings. The van der Waals surface area contributed by atoms with Gasteiger partial charge < -0.3 is 10.6 Å². The number of rotatable bonds is 3. The van der Waals surface area contributed by atoms with Crippen molar-refractivity contribution in [2.24, 2.45) is 0 Å². The lowest BCUT2D eigenvalue weighted by molar-refractivity contribution is -0.126. The van der Waals surface area contributed by atoms with Crippen LogP contribution >= 0.6 is 11.6 Å². The van der Waals surface area contributed by atoms with Gasteiger partial charge in [0, 0.05) is 23.1 Å². The summed E-state index contributed by atoms with van der Waals surface area (Å²) >= 11 is 5.93. The number of halogens is 1. The predicted molar refractivity (Wildman–Crippen MR) is 85.6 cm³/mol. The van der Waals surface area contributed by atoms with E-state index in [1.165, 1.54) is 12.8 Å². The van der Waals surface area contributed by atoms with Crippen LogP contribution in [0.15, 0.2) is 24.3 Å². The third-order valence-corrected chi connectivity index (χ3v) is 5.19. The van der Waals surface area contributed by atoms with Gasteiger partial charge in [-0.15, -0.1) is 0 Å². The molecule has 0 aromatic heterocycles. The number of carbonyl (C=O) groups excluding carboxylic acids is 1. The molecule has 114 valence electrons. The highest BCUT2D eigenvalue weighted by Crippen LogP contribution is 2.29. The van der Waals surface area contributed by atoms with Crippen molar-refractivity contribution in [2.75, 3.05) is 0 Å². The van der Waals surface area contributed by atoms with Gasteiger partial charge in [-0.05, 0) is 57.2 Å². The lowest BCUT2D eigenvalue weighted by atomic mass is 9.83. The van der Waals surface area contributed by atoms with Crippen LogP contribution in [0.4, 0.5) is 0 Å². The summed E-state index contributed by atoms with van der Waals surface area (Å²) in [6, 6.07) is 9.05. The molecular formula is C17H23ClN2O. The van der Waals surface area contributed by atoms with Crippen LogP contribution in [0.25, 0.3) is 0 Å². The Morgan fingerprint density at radius 2 is 1.76 bits per heavy atom. The van der Waals surface area contributed by atoms with Crippen molar-refractivity contribution in [2.45, 2.75) is 63.1 Å². The Morgan fingerprint density at radius 1 is 1.19 bits per heavy atom. The minimum atomic E-state index is -0.533. The minimum absolute atomic E-state index is 0.108. The number of amides is 1. The summed E-state index contributed by atoms with van der Waals surface area (Å²) in [5.74, 6) is 0.108. The summed E-state index contributed by atoms with van der Waals surface area (Å²) in [4.78, 5) is 12.7. The van der Waals surface area contributed by atoms with Crippen molar-refractivity contribution >= 4 is 17.5 Å². The van der Waals surface area contributed by atoms with Gasteiger partial charge >= 0.3 is 0 Å². The van der Waals surface area contributed by atoms with E-state index in [1.54, 1.807) is 0 Å². The van der Waals surface area contributed by atoms with Crippen LogP contribution in [0.2, 0.25) is 5.02 Å². The van der Waals surface area contributed by atoms with Crippen molar-refractivity contribution in [3.8, 4) is 0 Å². The minimum Gasteiger partial charge on any atom is -0.352 e. The SMILES string of the molecule is CC(C)(C(=O)NC1CC2CCC(C1)N2)c1ccc(Cl)cc1. The summed E-state index contributed by atoms with van der Waals surface area (Å²) < 4.78 is 0. The number of piperidine rings is 1. The second-order valence-electron chi connectivity index (χ2n) is 6.91. The van der Waals surface area contributed by atoms with Crippen LogP contribution in [-0.2, 0) is 10.2 Å². The lowest BCUT2D eigenvalue weighted by Gasteiger charge is -2.33. The van der Waals surface area contributed by atoms with E-state index in [9.17, 15) is 4.79 Å². The zero-order valence-electron chi connectivity index (χ0n) is 12.7. The van der Waals surface area contributed by atoms with E-state index in [0.29, 0.717) is 23.1 Å². The Labute approximate surface area is 131 Å². The van der Waals surface area contributed by atoms with Crippen LogP contribution in [-0.4, -0.2) is 24.0 Å². The quantitative estimate of drug-likeness (QED) is 0.901. The average molecular weight is 307 g/mol. The molecule has 0 radical (unpaired) electrons. The molecule has 2 aliphatic heterocycles. The summed E-state index contributed by atoms with van der Waals surface area (Å²) in [5.41, 5.74) is 0.468. The van der Waals surface area contributed by atoms with Gasteiger partial charge in [0.15, 0.2) is 0 Å². The number of fused-ring (bicyclic) bond motifs is 2. The smallest absolute Gasteiger partial charge is 0.230 e. The van der Waals surface area contributed by atoms with Gasteiger partial charge in [-0.2, -0.15) is 0 Å². The molecule has 2 heterocycles. The van der Waals surface area contributed by atoms with E-state index >= 15 is 0 Å². The van der Waals surface area contributed by atoms with Crippen molar-refractivity contribution in [3.63, 3.8) is 0 Å². The van der Waals surface area contributed by atoms with Crippen LogP contribution in [0.1, 0.15) is 45.1 Å². The average Bonchev–Trinajstić information content (AvgIpc) is 2.78. The fraction of sp³-hybridized carbons (Fsp3) is 0.588. The molecule has 1 amide bonds. The Morgan fingerprint density at radius 3 is 2.33 bits per heavy atom. The van der Waals surface area contributed by atoms with Gasteiger partial charge in [0.2, 0.25) is 5.91 Å². The normalized spacial score (nSPS) is 28.4. The van der Waals surface area contributed by atoms with Gasteiger partial charge in [-0.25, -0.2) is 0 Å². The van der Waals surface area contributed by atoms with E-state index in [2.05, 4.69) is 10.6 Å². The molecule has 3 nitrogen and oxygen atoms in total. The lowest BCUT2D eigenvalue weighted by Crippen LogP contribution is -2.51. The van der Waals surface area contributed by atoms with Crippen LogP contribution in [0, 0.1) is 0 Å². The highest BCUT2D eigenvalue weighted by Gasteiger charge is 2.37. The van der Waals surface area contributed by atoms with Crippen LogP contribution < -0.4 is 10.6 Å². The highest BCUT2D eigenvalue weighted by molar-refractivity contribution is 6.30. The molecule has 2 N–H and O–H groups in total. The molecular weight excluding hydrogens is 284 g/mol. The fourth-order valence-corrected chi connectivity index (χ4v) is 3.66. The molecule has 21 heavy (non-hydrogen) atoms. The third-order valence-electron chi connectivity index (χ3n) is 4.94. The Hall–Kier alpha value is -1.06. The maximum atomic E-state index is 12.7. The molecule has 2 saturated heterocycles. The van der Waals surface area contributed by atoms with Gasteiger partial charge in [-0.1, -0.05) is 23.7 Å². The summed E-state index contributed by atoms with van der Waals surface area (Å²) in [6.07, 6.45) is 4.60. The Bertz CT molecular complexity index is 514. The van der Waals surface area contributed by atoms with Gasteiger partial charge in [0.05, 0.1) is 5.41 Å². The maximum absolute atomic E-state index is 12.7. The third kappa shape index (κ3) is 3.09. The molecule has 2 fully saturated rings. The largest absolute Gasteiger partial charge is 0.352 e. The second kappa shape index (κ2) is 5.62. The van der Waals surface area contributed by atoms with Crippen LogP contribution in [0.3, 0.4) is 0 Å². The van der Waals surface area contributed by atoms with Crippen molar-refractivity contribution in [1.82, 2.24) is 10.6 Å². The predicted octanol–water partition coefficient (Wildman–Crippen LogP) is 3.02. The summed E-state index contributed by atoms with van der Waals surface area (Å²) in [5, 5.41) is 7.56. The molecule has 0 saturated carbocycles. The first kappa shape index (κ1) is 14.9. The second-order valence-corrected chi connectivity index (χ2v) is 7.35. The first-order chi connectivity index (χ1) is 9.95. The number of benzene rings is 1. The van der Waals surface area contributed by atoms with Gasteiger partial charge in [0.1, 0.15) is 0 Å². The van der Waals surface area contributed by atoms with Gasteiger partial charge in [-0.3, -0.25) is 4.79 Å². The van der Waals surface area contributed by atoms with E-state index in [0.717, 1.165) is 18.4 Å². The zero-order chi connectivity index (χ0) is 15.0. The van der Waals surface area contributed by atoms with E-state index in [1.807, 2.05) is 38.1 Å². The van der Waals surface area contributed by atoms with E-state index in [-0.39, 0.29) is 5.91 Å². The fourth-order valence-electron chi connectivity index (χ4n) is 3.54. The summed E-state index contributed by atoms with van der Waals surface area (Å²) in [7, 11) is 0. The molecule has 1 aromatic carbocycles. The number of nitrogens with one attached hydrogen (secondary N) is 2. The molecule has 2 aliphatic rings. The van der Waals surface area contributed by atoms with Crippen molar-refractivity contribution in [3.05, 3.63) is 34.9 Å². The molecule has 4 heteroatoms. The highest BCUT2D eigenvalue weighted by atomic mass is 35.5. The molecule has 2 atom stereocenters. The zero-order valence-corrected chi connectivity index (χ0v) is 13.4. The first-order valence-electron chi connectivity index (χ1n) is 7.78. The van der Waals surface area contributed by atoms with Crippen molar-refractivity contribution in [1.29, 1.82) is 0 Å². The molecule has 2 bridgehead atoms. The number of hydrogen-bond donors (Lipinski definition) is 2. The monoisotopic (exact) mass is 306 g/mol. The molecule has 0 aliphatic carbocycles.